The van der Waals surface area contributed by atoms with Gasteiger partial charge in [-0.25, -0.2) is 0 Å². The second kappa shape index (κ2) is 8.48. The number of likely N-dealkylation sites (tertiary alicyclic amines) is 2. The quantitative estimate of drug-likeness (QED) is 0.894. The Hall–Kier alpha value is -1.88. The molecule has 2 heterocycles. The van der Waals surface area contributed by atoms with Gasteiger partial charge in [-0.3, -0.25) is 14.5 Å². The van der Waals surface area contributed by atoms with Crippen LogP contribution < -0.4 is 5.32 Å². The van der Waals surface area contributed by atoms with Crippen molar-refractivity contribution < 1.29 is 9.59 Å². The zero-order valence-corrected chi connectivity index (χ0v) is 15.1. The van der Waals surface area contributed by atoms with E-state index >= 15 is 0 Å². The zero-order chi connectivity index (χ0) is 17.6. The molecular formula is C20H29N3O2. The number of amides is 2. The Bertz CT molecular complexity index is 576. The van der Waals surface area contributed by atoms with Gasteiger partial charge >= 0.3 is 0 Å². The van der Waals surface area contributed by atoms with E-state index in [-0.39, 0.29) is 17.9 Å². The van der Waals surface area contributed by atoms with Gasteiger partial charge < -0.3 is 10.2 Å². The smallest absolute Gasteiger partial charge is 0.241 e. The van der Waals surface area contributed by atoms with E-state index in [1.54, 1.807) is 0 Å². The molecule has 0 radical (unpaired) electrons. The average molecular weight is 343 g/mol. The third-order valence-electron chi connectivity index (χ3n) is 5.47. The second-order valence-corrected chi connectivity index (χ2v) is 7.12. The van der Waals surface area contributed by atoms with E-state index in [0.717, 1.165) is 64.0 Å². The lowest BCUT2D eigenvalue weighted by molar-refractivity contribution is -0.136. The number of nitrogens with zero attached hydrogens (tertiary/aromatic N) is 2. The highest BCUT2D eigenvalue weighted by Crippen LogP contribution is 2.24. The molecule has 3 rings (SSSR count). The number of carbonyl (C=O) groups is 2. The Labute approximate surface area is 150 Å². The monoisotopic (exact) mass is 343 g/mol. The number of para-hydroxylation sites is 1. The largest absolute Gasteiger partial charge is 0.342 e. The minimum absolute atomic E-state index is 0.0537. The van der Waals surface area contributed by atoms with Crippen molar-refractivity contribution in [3.05, 3.63) is 30.3 Å². The van der Waals surface area contributed by atoms with Crippen molar-refractivity contribution in [2.75, 3.05) is 31.5 Å². The van der Waals surface area contributed by atoms with E-state index in [4.69, 9.17) is 0 Å². The molecule has 2 aliphatic heterocycles. The van der Waals surface area contributed by atoms with Gasteiger partial charge in [-0.05, 0) is 57.3 Å². The molecule has 1 atom stereocenters. The van der Waals surface area contributed by atoms with Gasteiger partial charge in [0.25, 0.3) is 0 Å². The minimum Gasteiger partial charge on any atom is -0.342 e. The fraction of sp³-hybridized carbons (Fsp3) is 0.600. The van der Waals surface area contributed by atoms with E-state index in [9.17, 15) is 9.59 Å². The van der Waals surface area contributed by atoms with Crippen molar-refractivity contribution in [2.45, 2.75) is 45.1 Å². The number of rotatable bonds is 5. The van der Waals surface area contributed by atoms with Crippen LogP contribution in [0.3, 0.4) is 0 Å². The van der Waals surface area contributed by atoms with Crippen LogP contribution in [0.15, 0.2) is 30.3 Å². The average Bonchev–Trinajstić information content (AvgIpc) is 3.18. The lowest BCUT2D eigenvalue weighted by Gasteiger charge is -2.37. The van der Waals surface area contributed by atoms with Gasteiger partial charge in [0, 0.05) is 24.7 Å². The summed E-state index contributed by atoms with van der Waals surface area (Å²) in [5.74, 6) is 0.529. The molecule has 2 fully saturated rings. The Morgan fingerprint density at radius 3 is 2.32 bits per heavy atom. The molecule has 5 nitrogen and oxygen atoms in total. The second-order valence-electron chi connectivity index (χ2n) is 7.12. The van der Waals surface area contributed by atoms with Gasteiger partial charge in [-0.2, -0.15) is 0 Å². The van der Waals surface area contributed by atoms with Crippen LogP contribution in [-0.2, 0) is 9.59 Å². The summed E-state index contributed by atoms with van der Waals surface area (Å²) < 4.78 is 0. The summed E-state index contributed by atoms with van der Waals surface area (Å²) in [6.45, 7) is 5.55. The lowest BCUT2D eigenvalue weighted by atomic mass is 9.93. The van der Waals surface area contributed by atoms with Crippen molar-refractivity contribution in [1.29, 1.82) is 0 Å². The van der Waals surface area contributed by atoms with Crippen LogP contribution in [0.5, 0.6) is 0 Å². The molecule has 0 spiro atoms. The maximum Gasteiger partial charge on any atom is 0.241 e. The first kappa shape index (κ1) is 17.9. The molecule has 2 saturated heterocycles. The minimum atomic E-state index is -0.122. The summed E-state index contributed by atoms with van der Waals surface area (Å²) in [5.41, 5.74) is 0.838. The SMILES string of the molecule is CC[C@@H](C(=O)Nc1ccccc1)N1CCC(C(=O)N2CCCC2)CC1. The first-order valence-electron chi connectivity index (χ1n) is 9.57. The van der Waals surface area contributed by atoms with E-state index in [2.05, 4.69) is 17.1 Å². The summed E-state index contributed by atoms with van der Waals surface area (Å²) in [6.07, 6.45) is 4.79. The normalized spacial score (nSPS) is 20.4. The third-order valence-corrected chi connectivity index (χ3v) is 5.47. The number of nitrogens with one attached hydrogen (secondary N) is 1. The Morgan fingerprint density at radius 1 is 1.08 bits per heavy atom. The fourth-order valence-electron chi connectivity index (χ4n) is 4.01. The number of anilines is 1. The maximum atomic E-state index is 12.6. The molecular weight excluding hydrogens is 314 g/mol. The van der Waals surface area contributed by atoms with E-state index in [0.29, 0.717) is 5.91 Å². The van der Waals surface area contributed by atoms with Crippen LogP contribution in [0.25, 0.3) is 0 Å². The van der Waals surface area contributed by atoms with E-state index in [1.807, 2.05) is 35.2 Å². The molecule has 0 bridgehead atoms. The van der Waals surface area contributed by atoms with Crippen molar-refractivity contribution in [3.8, 4) is 0 Å². The molecule has 136 valence electrons. The standard InChI is InChI=1S/C20H29N3O2/c1-2-18(19(24)21-17-8-4-3-5-9-17)22-14-10-16(11-15-22)20(25)23-12-6-7-13-23/h3-5,8-9,16,18H,2,6-7,10-15H2,1H3,(H,21,24)/t18-/m0/s1. The van der Waals surface area contributed by atoms with Crippen LogP contribution in [0.1, 0.15) is 39.0 Å². The molecule has 2 amide bonds. The molecule has 2 aliphatic rings. The Balaban J connectivity index is 1.53. The zero-order valence-electron chi connectivity index (χ0n) is 15.1. The first-order valence-corrected chi connectivity index (χ1v) is 9.57. The summed E-state index contributed by atoms with van der Waals surface area (Å²) in [4.78, 5) is 29.5. The Kier molecular flexibility index (Phi) is 6.08. The molecule has 0 aliphatic carbocycles. The molecule has 0 saturated carbocycles. The van der Waals surface area contributed by atoms with Crippen LogP contribution >= 0.6 is 0 Å². The van der Waals surface area contributed by atoms with Gasteiger partial charge in [0.2, 0.25) is 11.8 Å². The van der Waals surface area contributed by atoms with E-state index < -0.39 is 0 Å². The topological polar surface area (TPSA) is 52.7 Å². The van der Waals surface area contributed by atoms with Crippen molar-refractivity contribution in [2.24, 2.45) is 5.92 Å². The van der Waals surface area contributed by atoms with Crippen molar-refractivity contribution in [1.82, 2.24) is 9.80 Å². The molecule has 0 aromatic heterocycles. The number of piperidine rings is 1. The highest BCUT2D eigenvalue weighted by atomic mass is 16.2. The Morgan fingerprint density at radius 2 is 1.72 bits per heavy atom. The van der Waals surface area contributed by atoms with Crippen molar-refractivity contribution in [3.63, 3.8) is 0 Å². The van der Waals surface area contributed by atoms with Gasteiger partial charge in [0.1, 0.15) is 0 Å². The van der Waals surface area contributed by atoms with Gasteiger partial charge in [-0.1, -0.05) is 25.1 Å². The van der Waals surface area contributed by atoms with Crippen LogP contribution in [0, 0.1) is 5.92 Å². The van der Waals surface area contributed by atoms with Gasteiger partial charge in [0.15, 0.2) is 0 Å². The van der Waals surface area contributed by atoms with Gasteiger partial charge in [0.05, 0.1) is 6.04 Å². The summed E-state index contributed by atoms with van der Waals surface area (Å²) in [6, 6.07) is 9.48. The predicted octanol–water partition coefficient (Wildman–Crippen LogP) is 2.74. The molecule has 1 aromatic carbocycles. The summed E-state index contributed by atoms with van der Waals surface area (Å²) in [7, 11) is 0. The third kappa shape index (κ3) is 4.40. The summed E-state index contributed by atoms with van der Waals surface area (Å²) >= 11 is 0. The van der Waals surface area contributed by atoms with Crippen LogP contribution in [0.2, 0.25) is 0 Å². The number of hydrogen-bond donors (Lipinski definition) is 1. The molecule has 1 N–H and O–H groups in total. The number of carbonyl (C=O) groups excluding carboxylic acids is 2. The van der Waals surface area contributed by atoms with E-state index in [1.165, 1.54) is 0 Å². The fourth-order valence-corrected chi connectivity index (χ4v) is 4.01. The van der Waals surface area contributed by atoms with Crippen LogP contribution in [0.4, 0.5) is 5.69 Å². The van der Waals surface area contributed by atoms with Gasteiger partial charge in [-0.15, -0.1) is 0 Å². The molecule has 0 unspecified atom stereocenters. The number of hydrogen-bond acceptors (Lipinski definition) is 3. The van der Waals surface area contributed by atoms with Crippen molar-refractivity contribution >= 4 is 17.5 Å². The molecule has 1 aromatic rings. The highest BCUT2D eigenvalue weighted by molar-refractivity contribution is 5.94. The molecule has 5 heteroatoms. The summed E-state index contributed by atoms with van der Waals surface area (Å²) in [5, 5.41) is 3.01. The number of benzene rings is 1. The first-order chi connectivity index (χ1) is 12.2. The highest BCUT2D eigenvalue weighted by Gasteiger charge is 2.33. The predicted molar refractivity (Wildman–Crippen MR) is 99.3 cm³/mol. The maximum absolute atomic E-state index is 12.6. The lowest BCUT2D eigenvalue weighted by Crippen LogP contribution is -2.49. The van der Waals surface area contributed by atoms with Crippen LogP contribution in [-0.4, -0.2) is 53.8 Å². The molecule has 25 heavy (non-hydrogen) atoms.